The smallest absolute Gasteiger partial charge is 0.254 e. The van der Waals surface area contributed by atoms with Crippen molar-refractivity contribution in [1.82, 2.24) is 4.98 Å². The largest absolute Gasteiger partial charge is 0.497 e. The van der Waals surface area contributed by atoms with Crippen LogP contribution in [-0.2, 0) is 5.41 Å². The molecule has 0 unspecified atom stereocenters. The lowest BCUT2D eigenvalue weighted by molar-refractivity contribution is 0.394. The molecule has 120 valence electrons. The van der Waals surface area contributed by atoms with Crippen LogP contribution in [0.1, 0.15) is 37.9 Å². The van der Waals surface area contributed by atoms with Crippen molar-refractivity contribution in [3.63, 3.8) is 0 Å². The number of nitrogens with zero attached hydrogens (tertiary/aromatic N) is 4. The summed E-state index contributed by atoms with van der Waals surface area (Å²) in [4.78, 5) is 4.24. The average Bonchev–Trinajstić information content (AvgIpc) is 2.97. The fraction of sp³-hybridized carbons (Fsp3) is 0.353. The van der Waals surface area contributed by atoms with Gasteiger partial charge in [0.1, 0.15) is 11.8 Å². The van der Waals surface area contributed by atoms with Gasteiger partial charge in [0.05, 0.1) is 13.3 Å². The second-order valence-electron chi connectivity index (χ2n) is 6.08. The molecule has 0 atom stereocenters. The third kappa shape index (κ3) is 3.89. The van der Waals surface area contributed by atoms with Gasteiger partial charge in [-0.3, -0.25) is 0 Å². The molecule has 1 heterocycles. The second kappa shape index (κ2) is 6.53. The van der Waals surface area contributed by atoms with Gasteiger partial charge in [-0.2, -0.15) is 15.3 Å². The number of nitriles is 1. The highest BCUT2D eigenvalue weighted by molar-refractivity contribution is 5.80. The van der Waals surface area contributed by atoms with E-state index in [2.05, 4.69) is 10.1 Å². The molecular weight excluding hydrogens is 292 g/mol. The Labute approximate surface area is 136 Å². The van der Waals surface area contributed by atoms with Crippen LogP contribution in [0, 0.1) is 11.3 Å². The zero-order chi connectivity index (χ0) is 17.0. The highest BCUT2D eigenvalue weighted by Gasteiger charge is 2.25. The van der Waals surface area contributed by atoms with Gasteiger partial charge in [-0.25, -0.2) is 5.01 Å². The molecule has 0 amide bonds. The van der Waals surface area contributed by atoms with Gasteiger partial charge in [-0.1, -0.05) is 20.8 Å². The van der Waals surface area contributed by atoms with Crippen molar-refractivity contribution in [3.05, 3.63) is 41.4 Å². The van der Waals surface area contributed by atoms with Gasteiger partial charge >= 0.3 is 0 Å². The Bertz CT molecular complexity index is 733. The van der Waals surface area contributed by atoms with E-state index in [1.54, 1.807) is 20.4 Å². The number of anilines is 1. The molecule has 0 saturated carbocycles. The van der Waals surface area contributed by atoms with E-state index in [1.165, 1.54) is 5.01 Å². The number of oxazole rings is 1. The zero-order valence-electron chi connectivity index (χ0n) is 14.0. The molecule has 6 heteroatoms. The van der Waals surface area contributed by atoms with E-state index in [1.807, 2.05) is 51.1 Å². The van der Waals surface area contributed by atoms with Crippen molar-refractivity contribution in [2.75, 3.05) is 19.2 Å². The minimum Gasteiger partial charge on any atom is -0.497 e. The third-order valence-corrected chi connectivity index (χ3v) is 3.15. The van der Waals surface area contributed by atoms with Crippen LogP contribution >= 0.6 is 0 Å². The number of benzene rings is 1. The number of hydrazone groups is 1. The Kier molecular flexibility index (Phi) is 4.70. The van der Waals surface area contributed by atoms with Crippen molar-refractivity contribution in [2.45, 2.75) is 26.2 Å². The lowest BCUT2D eigenvalue weighted by Crippen LogP contribution is -2.11. The maximum absolute atomic E-state index is 9.22. The van der Waals surface area contributed by atoms with E-state index >= 15 is 0 Å². The number of ether oxygens (including phenoxy) is 1. The maximum atomic E-state index is 9.22. The third-order valence-electron chi connectivity index (χ3n) is 3.15. The summed E-state index contributed by atoms with van der Waals surface area (Å²) in [6.07, 6.45) is 1.68. The molecule has 0 N–H and O–H groups in total. The van der Waals surface area contributed by atoms with Crippen LogP contribution in [0.2, 0.25) is 0 Å². The quantitative estimate of drug-likeness (QED) is 0.639. The van der Waals surface area contributed by atoms with Crippen molar-refractivity contribution in [1.29, 1.82) is 5.26 Å². The molecule has 0 aliphatic heterocycles. The predicted molar refractivity (Wildman–Crippen MR) is 88.9 cm³/mol. The minimum atomic E-state index is -0.273. The minimum absolute atomic E-state index is 0.226. The number of methoxy groups -OCH3 is 1. The van der Waals surface area contributed by atoms with E-state index in [0.717, 1.165) is 11.3 Å². The van der Waals surface area contributed by atoms with Crippen LogP contribution in [0.15, 0.2) is 33.8 Å². The molecule has 0 saturated heterocycles. The Morgan fingerprint density at radius 1 is 1.30 bits per heavy atom. The van der Waals surface area contributed by atoms with Gasteiger partial charge in [-0.15, -0.1) is 0 Å². The van der Waals surface area contributed by atoms with Crippen molar-refractivity contribution in [3.8, 4) is 11.8 Å². The van der Waals surface area contributed by atoms with Crippen molar-refractivity contribution in [2.24, 2.45) is 5.10 Å². The Morgan fingerprint density at radius 3 is 2.48 bits per heavy atom. The Balaban J connectivity index is 2.22. The maximum Gasteiger partial charge on any atom is 0.254 e. The fourth-order valence-corrected chi connectivity index (χ4v) is 1.82. The van der Waals surface area contributed by atoms with Crippen LogP contribution in [0.25, 0.3) is 0 Å². The van der Waals surface area contributed by atoms with Gasteiger partial charge in [0.25, 0.3) is 5.88 Å². The van der Waals surface area contributed by atoms with Gasteiger partial charge in [0.2, 0.25) is 11.6 Å². The summed E-state index contributed by atoms with van der Waals surface area (Å²) in [7, 11) is 3.34. The Morgan fingerprint density at radius 2 is 1.96 bits per heavy atom. The monoisotopic (exact) mass is 312 g/mol. The number of hydrogen-bond donors (Lipinski definition) is 0. The van der Waals surface area contributed by atoms with Crippen LogP contribution < -0.4 is 9.75 Å². The van der Waals surface area contributed by atoms with E-state index in [0.29, 0.717) is 11.8 Å². The highest BCUT2D eigenvalue weighted by Crippen LogP contribution is 2.28. The number of rotatable bonds is 4. The number of aromatic nitrogens is 1. The summed E-state index contributed by atoms with van der Waals surface area (Å²) in [5.74, 6) is 1.63. The first-order chi connectivity index (χ1) is 10.8. The van der Waals surface area contributed by atoms with Crippen LogP contribution in [0.5, 0.6) is 5.75 Å². The summed E-state index contributed by atoms with van der Waals surface area (Å²) < 4.78 is 10.8. The standard InChI is InChI=1S/C17H20N4O2/c1-17(2,3)16-20-14(10-18)15(23-16)21(4)19-11-12-6-8-13(22-5)9-7-12/h6-9,11H,1-5H3. The van der Waals surface area contributed by atoms with Gasteiger partial charge < -0.3 is 9.15 Å². The lowest BCUT2D eigenvalue weighted by atomic mass is 9.97. The van der Waals surface area contributed by atoms with Crippen LogP contribution in [-0.4, -0.2) is 25.4 Å². The molecule has 2 aromatic rings. The molecule has 0 radical (unpaired) electrons. The molecular formula is C17H20N4O2. The molecule has 6 nitrogen and oxygen atoms in total. The first-order valence-corrected chi connectivity index (χ1v) is 7.18. The van der Waals surface area contributed by atoms with Crippen LogP contribution in [0.4, 0.5) is 5.88 Å². The van der Waals surface area contributed by atoms with E-state index in [4.69, 9.17) is 9.15 Å². The Hall–Kier alpha value is -2.81. The summed E-state index contributed by atoms with van der Waals surface area (Å²) in [5, 5.41) is 15.0. The average molecular weight is 312 g/mol. The van der Waals surface area contributed by atoms with Crippen LogP contribution in [0.3, 0.4) is 0 Å². The van der Waals surface area contributed by atoms with Crippen molar-refractivity contribution < 1.29 is 9.15 Å². The molecule has 0 bridgehead atoms. The van der Waals surface area contributed by atoms with Gasteiger partial charge in [0, 0.05) is 12.5 Å². The lowest BCUT2D eigenvalue weighted by Gasteiger charge is -2.13. The van der Waals surface area contributed by atoms with Gasteiger partial charge in [-0.05, 0) is 29.8 Å². The summed E-state index contributed by atoms with van der Waals surface area (Å²) in [5.41, 5.74) is 0.862. The SMILES string of the molecule is COc1ccc(C=NN(C)c2oc(C(C)(C)C)nc2C#N)cc1. The van der Waals surface area contributed by atoms with Crippen molar-refractivity contribution >= 4 is 12.1 Å². The highest BCUT2D eigenvalue weighted by atomic mass is 16.5. The molecule has 1 aromatic heterocycles. The fourth-order valence-electron chi connectivity index (χ4n) is 1.82. The predicted octanol–water partition coefficient (Wildman–Crippen LogP) is 3.32. The first-order valence-electron chi connectivity index (χ1n) is 7.18. The van der Waals surface area contributed by atoms with Gasteiger partial charge in [0.15, 0.2) is 0 Å². The molecule has 0 aliphatic carbocycles. The molecule has 0 spiro atoms. The van der Waals surface area contributed by atoms with E-state index < -0.39 is 0 Å². The molecule has 2 rings (SSSR count). The van der Waals surface area contributed by atoms with E-state index in [-0.39, 0.29) is 11.1 Å². The molecule has 0 fully saturated rings. The van der Waals surface area contributed by atoms with E-state index in [9.17, 15) is 5.26 Å². The first kappa shape index (κ1) is 16.6. The molecule has 23 heavy (non-hydrogen) atoms. The summed E-state index contributed by atoms with van der Waals surface area (Å²) >= 11 is 0. The number of hydrogen-bond acceptors (Lipinski definition) is 6. The zero-order valence-corrected chi connectivity index (χ0v) is 14.0. The summed E-state index contributed by atoms with van der Waals surface area (Å²) in [6, 6.07) is 9.54. The molecule has 0 aliphatic rings. The molecule has 1 aromatic carbocycles. The summed E-state index contributed by atoms with van der Waals surface area (Å²) in [6.45, 7) is 5.93. The topological polar surface area (TPSA) is 74.7 Å². The normalized spacial score (nSPS) is 11.5. The second-order valence-corrected chi connectivity index (χ2v) is 6.08.